The van der Waals surface area contributed by atoms with Crippen LogP contribution in [0.5, 0.6) is 5.75 Å². The molecule has 4 heteroatoms. The molecule has 0 saturated carbocycles. The fourth-order valence-electron chi connectivity index (χ4n) is 1.41. The van der Waals surface area contributed by atoms with Crippen LogP contribution in [0.2, 0.25) is 0 Å². The molecule has 2 rings (SSSR count). The van der Waals surface area contributed by atoms with Crippen LogP contribution in [0.25, 0.3) is 6.08 Å². The molecule has 4 nitrogen and oxygen atoms in total. The summed E-state index contributed by atoms with van der Waals surface area (Å²) in [5, 5.41) is 12.2. The summed E-state index contributed by atoms with van der Waals surface area (Å²) in [7, 11) is 0. The monoisotopic (exact) mass is 243 g/mol. The van der Waals surface area contributed by atoms with Gasteiger partial charge in [-0.2, -0.15) is 0 Å². The molecule has 1 aromatic heterocycles. The van der Waals surface area contributed by atoms with Crippen LogP contribution in [0.3, 0.4) is 0 Å². The molecule has 0 aliphatic carbocycles. The van der Waals surface area contributed by atoms with Crippen LogP contribution in [-0.4, -0.2) is 11.0 Å². The van der Waals surface area contributed by atoms with Crippen molar-refractivity contribution in [3.05, 3.63) is 54.0 Å². The summed E-state index contributed by atoms with van der Waals surface area (Å²) in [6, 6.07) is 8.47. The number of phenols is 1. The van der Waals surface area contributed by atoms with Crippen LogP contribution in [0.4, 0.5) is 5.69 Å². The number of aromatic hydroxyl groups is 1. The van der Waals surface area contributed by atoms with Crippen molar-refractivity contribution in [1.29, 1.82) is 0 Å². The molecule has 2 N–H and O–H groups in total. The van der Waals surface area contributed by atoms with E-state index in [-0.39, 0.29) is 11.7 Å². The van der Waals surface area contributed by atoms with Crippen molar-refractivity contribution < 1.29 is 14.3 Å². The normalized spacial score (nSPS) is 10.7. The number of hydrogen-bond acceptors (Lipinski definition) is 3. The molecule has 2 aromatic rings. The zero-order chi connectivity index (χ0) is 13.0. The molecule has 0 bridgehead atoms. The van der Waals surface area contributed by atoms with E-state index in [1.54, 1.807) is 37.3 Å². The Morgan fingerprint density at radius 1 is 1.39 bits per heavy atom. The van der Waals surface area contributed by atoms with Crippen molar-refractivity contribution in [3.8, 4) is 5.75 Å². The summed E-state index contributed by atoms with van der Waals surface area (Å²) in [5.74, 6) is 0.481. The molecule has 1 amide bonds. The van der Waals surface area contributed by atoms with Gasteiger partial charge >= 0.3 is 0 Å². The standard InChI is InChI=1S/C14H13NO3/c1-10-4-5-11(9-13(10)16)15-14(17)7-6-12-3-2-8-18-12/h2-9,16H,1H3,(H,15,17). The number of benzene rings is 1. The molecule has 0 unspecified atom stereocenters. The number of nitrogens with one attached hydrogen (secondary N) is 1. The lowest BCUT2D eigenvalue weighted by Gasteiger charge is -2.04. The van der Waals surface area contributed by atoms with Gasteiger partial charge in [0.05, 0.1) is 6.26 Å². The molecular weight excluding hydrogens is 230 g/mol. The van der Waals surface area contributed by atoms with E-state index in [1.165, 1.54) is 18.4 Å². The zero-order valence-electron chi connectivity index (χ0n) is 9.88. The van der Waals surface area contributed by atoms with Gasteiger partial charge in [0.25, 0.3) is 0 Å². The first kappa shape index (κ1) is 12.0. The van der Waals surface area contributed by atoms with Crippen molar-refractivity contribution in [3.63, 3.8) is 0 Å². The van der Waals surface area contributed by atoms with Gasteiger partial charge in [-0.3, -0.25) is 4.79 Å². The fourth-order valence-corrected chi connectivity index (χ4v) is 1.41. The van der Waals surface area contributed by atoms with Crippen molar-refractivity contribution in [2.45, 2.75) is 6.92 Å². The number of rotatable bonds is 3. The Morgan fingerprint density at radius 3 is 2.89 bits per heavy atom. The molecule has 0 aliphatic heterocycles. The molecule has 92 valence electrons. The van der Waals surface area contributed by atoms with E-state index in [0.717, 1.165) is 5.56 Å². The van der Waals surface area contributed by atoms with Crippen LogP contribution < -0.4 is 5.32 Å². The van der Waals surface area contributed by atoms with E-state index in [2.05, 4.69) is 5.32 Å². The van der Waals surface area contributed by atoms with E-state index >= 15 is 0 Å². The van der Waals surface area contributed by atoms with E-state index in [1.807, 2.05) is 0 Å². The Morgan fingerprint density at radius 2 is 2.22 bits per heavy atom. The lowest BCUT2D eigenvalue weighted by atomic mass is 10.2. The first-order chi connectivity index (χ1) is 8.65. The van der Waals surface area contributed by atoms with Gasteiger partial charge in [-0.1, -0.05) is 6.07 Å². The van der Waals surface area contributed by atoms with Gasteiger partial charge in [0.15, 0.2) is 0 Å². The minimum atomic E-state index is -0.283. The Bertz CT molecular complexity index is 571. The van der Waals surface area contributed by atoms with Crippen LogP contribution in [0, 0.1) is 6.92 Å². The summed E-state index contributed by atoms with van der Waals surface area (Å²) >= 11 is 0. The predicted molar refractivity (Wildman–Crippen MR) is 69.2 cm³/mol. The maximum Gasteiger partial charge on any atom is 0.248 e. The molecular formula is C14H13NO3. The van der Waals surface area contributed by atoms with Crippen molar-refractivity contribution in [2.24, 2.45) is 0 Å². The molecule has 0 saturated heterocycles. The maximum atomic E-state index is 11.6. The molecule has 1 aromatic carbocycles. The molecule has 0 fully saturated rings. The quantitative estimate of drug-likeness (QED) is 0.815. The second kappa shape index (κ2) is 5.23. The summed E-state index contributed by atoms with van der Waals surface area (Å²) in [5.41, 5.74) is 1.31. The topological polar surface area (TPSA) is 62.5 Å². The highest BCUT2D eigenvalue weighted by atomic mass is 16.3. The van der Waals surface area contributed by atoms with Gasteiger partial charge in [-0.25, -0.2) is 0 Å². The average Bonchev–Trinajstić information content (AvgIpc) is 2.84. The molecule has 0 aliphatic rings. The largest absolute Gasteiger partial charge is 0.508 e. The molecule has 1 heterocycles. The SMILES string of the molecule is Cc1ccc(NC(=O)C=Cc2ccco2)cc1O. The first-order valence-corrected chi connectivity index (χ1v) is 5.47. The molecule has 0 radical (unpaired) electrons. The summed E-state index contributed by atoms with van der Waals surface area (Å²) in [6.07, 6.45) is 4.48. The zero-order valence-corrected chi connectivity index (χ0v) is 9.88. The Hall–Kier alpha value is -2.49. The molecule has 0 spiro atoms. The third kappa shape index (κ3) is 3.01. The lowest BCUT2D eigenvalue weighted by molar-refractivity contribution is -0.111. The number of carbonyl (C=O) groups is 1. The highest BCUT2D eigenvalue weighted by molar-refractivity contribution is 6.01. The van der Waals surface area contributed by atoms with E-state index < -0.39 is 0 Å². The van der Waals surface area contributed by atoms with Gasteiger partial charge in [-0.05, 0) is 36.8 Å². The van der Waals surface area contributed by atoms with E-state index in [9.17, 15) is 9.90 Å². The number of amides is 1. The second-order valence-electron chi connectivity index (χ2n) is 3.84. The van der Waals surface area contributed by atoms with Gasteiger partial charge in [-0.15, -0.1) is 0 Å². The number of furan rings is 1. The summed E-state index contributed by atoms with van der Waals surface area (Å²) in [6.45, 7) is 1.79. The minimum Gasteiger partial charge on any atom is -0.508 e. The Balaban J connectivity index is 2.01. The number of hydrogen-bond donors (Lipinski definition) is 2. The third-order valence-electron chi connectivity index (χ3n) is 2.42. The minimum absolute atomic E-state index is 0.155. The Labute approximate surface area is 105 Å². The highest BCUT2D eigenvalue weighted by Crippen LogP contribution is 2.20. The molecule has 0 atom stereocenters. The summed E-state index contributed by atoms with van der Waals surface area (Å²) in [4.78, 5) is 11.6. The van der Waals surface area contributed by atoms with Crippen LogP contribution in [0.15, 0.2) is 47.1 Å². The number of phenolic OH excluding ortho intramolecular Hbond substituents is 1. The van der Waals surface area contributed by atoms with Crippen molar-refractivity contribution in [2.75, 3.05) is 5.32 Å². The van der Waals surface area contributed by atoms with Crippen LogP contribution in [-0.2, 0) is 4.79 Å². The first-order valence-electron chi connectivity index (χ1n) is 5.47. The number of carbonyl (C=O) groups excluding carboxylic acids is 1. The third-order valence-corrected chi connectivity index (χ3v) is 2.42. The Kier molecular flexibility index (Phi) is 3.48. The second-order valence-corrected chi connectivity index (χ2v) is 3.84. The highest BCUT2D eigenvalue weighted by Gasteiger charge is 2.01. The van der Waals surface area contributed by atoms with Crippen LogP contribution >= 0.6 is 0 Å². The van der Waals surface area contributed by atoms with Crippen molar-refractivity contribution in [1.82, 2.24) is 0 Å². The van der Waals surface area contributed by atoms with Crippen LogP contribution in [0.1, 0.15) is 11.3 Å². The number of anilines is 1. The fraction of sp³-hybridized carbons (Fsp3) is 0.0714. The molecule has 18 heavy (non-hydrogen) atoms. The van der Waals surface area contributed by atoms with Crippen molar-refractivity contribution >= 4 is 17.7 Å². The lowest BCUT2D eigenvalue weighted by Crippen LogP contribution is -2.07. The average molecular weight is 243 g/mol. The van der Waals surface area contributed by atoms with Gasteiger partial charge in [0, 0.05) is 17.8 Å². The summed E-state index contributed by atoms with van der Waals surface area (Å²) < 4.78 is 5.06. The van der Waals surface area contributed by atoms with Gasteiger partial charge in [0.2, 0.25) is 5.91 Å². The van der Waals surface area contributed by atoms with E-state index in [4.69, 9.17) is 4.42 Å². The van der Waals surface area contributed by atoms with E-state index in [0.29, 0.717) is 11.4 Å². The predicted octanol–water partition coefficient (Wildman–Crippen LogP) is 2.95. The smallest absolute Gasteiger partial charge is 0.248 e. The number of aryl methyl sites for hydroxylation is 1. The maximum absolute atomic E-state index is 11.6. The van der Waals surface area contributed by atoms with Gasteiger partial charge in [0.1, 0.15) is 11.5 Å². The van der Waals surface area contributed by atoms with Gasteiger partial charge < -0.3 is 14.8 Å².